The van der Waals surface area contributed by atoms with E-state index in [1.165, 1.54) is 16.7 Å². The minimum atomic E-state index is -0.519. The first-order valence-corrected chi connectivity index (χ1v) is 6.54. The van der Waals surface area contributed by atoms with Crippen LogP contribution in [0.1, 0.15) is 35.3 Å². The number of ether oxygens (including phenoxy) is 1. The third-order valence-corrected chi connectivity index (χ3v) is 3.26. The highest BCUT2D eigenvalue weighted by atomic mass is 16.5. The second kappa shape index (κ2) is 5.89. The van der Waals surface area contributed by atoms with E-state index in [0.717, 1.165) is 11.3 Å². The molecule has 0 spiro atoms. The van der Waals surface area contributed by atoms with Crippen molar-refractivity contribution in [3.05, 3.63) is 64.7 Å². The molecule has 0 aliphatic rings. The van der Waals surface area contributed by atoms with Gasteiger partial charge in [-0.3, -0.25) is 0 Å². The lowest BCUT2D eigenvalue weighted by Crippen LogP contribution is -2.02. The molecule has 0 heterocycles. The molecule has 0 saturated heterocycles. The molecule has 1 N–H and O–H groups in total. The zero-order valence-corrected chi connectivity index (χ0v) is 11.7. The van der Waals surface area contributed by atoms with Gasteiger partial charge in [0.2, 0.25) is 0 Å². The molecule has 2 nitrogen and oxygen atoms in total. The van der Waals surface area contributed by atoms with E-state index < -0.39 is 6.10 Å². The van der Waals surface area contributed by atoms with Crippen molar-refractivity contribution in [3.8, 4) is 5.75 Å². The van der Waals surface area contributed by atoms with Crippen LogP contribution in [0.2, 0.25) is 0 Å². The van der Waals surface area contributed by atoms with Gasteiger partial charge in [0.15, 0.2) is 0 Å². The van der Waals surface area contributed by atoms with Gasteiger partial charge in [-0.25, -0.2) is 0 Å². The third kappa shape index (κ3) is 3.36. The maximum Gasteiger partial charge on any atom is 0.125 e. The summed E-state index contributed by atoms with van der Waals surface area (Å²) in [6.07, 6.45) is -0.519. The first-order valence-electron chi connectivity index (χ1n) is 6.54. The van der Waals surface area contributed by atoms with Crippen molar-refractivity contribution in [1.29, 1.82) is 0 Å². The summed E-state index contributed by atoms with van der Waals surface area (Å²) in [6, 6.07) is 14.0. The molecule has 100 valence electrons. The number of rotatable bonds is 4. The monoisotopic (exact) mass is 256 g/mol. The van der Waals surface area contributed by atoms with E-state index in [1.54, 1.807) is 6.92 Å². The van der Waals surface area contributed by atoms with Crippen LogP contribution in [0.4, 0.5) is 0 Å². The van der Waals surface area contributed by atoms with E-state index in [2.05, 4.69) is 32.0 Å². The summed E-state index contributed by atoms with van der Waals surface area (Å²) in [5, 5.41) is 9.72. The summed E-state index contributed by atoms with van der Waals surface area (Å²) in [5.41, 5.74) is 4.46. The van der Waals surface area contributed by atoms with Crippen molar-refractivity contribution in [2.75, 3.05) is 0 Å². The van der Waals surface area contributed by atoms with Gasteiger partial charge in [-0.15, -0.1) is 0 Å². The summed E-state index contributed by atoms with van der Waals surface area (Å²) in [7, 11) is 0. The summed E-state index contributed by atoms with van der Waals surface area (Å²) in [5.74, 6) is 0.749. The Labute approximate surface area is 114 Å². The molecule has 2 rings (SSSR count). The lowest BCUT2D eigenvalue weighted by Gasteiger charge is -2.14. The van der Waals surface area contributed by atoms with E-state index in [4.69, 9.17) is 4.74 Å². The number of aliphatic hydroxyl groups is 1. The number of benzene rings is 2. The molecular formula is C17H20O2. The van der Waals surface area contributed by atoms with Crippen LogP contribution in [0.5, 0.6) is 5.75 Å². The summed E-state index contributed by atoms with van der Waals surface area (Å²) in [4.78, 5) is 0. The molecule has 19 heavy (non-hydrogen) atoms. The van der Waals surface area contributed by atoms with Crippen LogP contribution in [-0.4, -0.2) is 5.11 Å². The van der Waals surface area contributed by atoms with Gasteiger partial charge in [-0.05, 0) is 38.0 Å². The van der Waals surface area contributed by atoms with Gasteiger partial charge in [0.25, 0.3) is 0 Å². The number of aliphatic hydroxyl groups excluding tert-OH is 1. The molecule has 0 saturated carbocycles. The maximum absolute atomic E-state index is 9.72. The quantitative estimate of drug-likeness (QED) is 0.898. The van der Waals surface area contributed by atoms with E-state index in [1.807, 2.05) is 24.3 Å². The molecule has 2 heteroatoms. The average molecular weight is 256 g/mol. The Morgan fingerprint density at radius 2 is 1.84 bits per heavy atom. The van der Waals surface area contributed by atoms with Crippen molar-refractivity contribution >= 4 is 0 Å². The van der Waals surface area contributed by atoms with E-state index in [-0.39, 0.29) is 0 Å². The van der Waals surface area contributed by atoms with Gasteiger partial charge in [0, 0.05) is 5.56 Å². The van der Waals surface area contributed by atoms with Crippen molar-refractivity contribution in [2.24, 2.45) is 0 Å². The standard InChI is InChI=1S/C17H20O2/c1-12-8-9-13(2)15(10-12)11-19-17-7-5-4-6-16(17)14(3)18/h4-10,14,18H,11H2,1-3H3/t14-/m1/s1. The lowest BCUT2D eigenvalue weighted by atomic mass is 10.1. The molecule has 0 fully saturated rings. The van der Waals surface area contributed by atoms with Gasteiger partial charge in [0.1, 0.15) is 12.4 Å². The Bertz CT molecular complexity index is 559. The Morgan fingerprint density at radius 3 is 2.58 bits per heavy atom. The molecule has 0 bridgehead atoms. The molecule has 0 radical (unpaired) electrons. The minimum absolute atomic E-state index is 0.519. The second-order valence-corrected chi connectivity index (χ2v) is 4.93. The summed E-state index contributed by atoms with van der Waals surface area (Å²) < 4.78 is 5.86. The molecule has 2 aromatic carbocycles. The van der Waals surface area contributed by atoms with Crippen molar-refractivity contribution in [3.63, 3.8) is 0 Å². The number of hydrogen-bond donors (Lipinski definition) is 1. The maximum atomic E-state index is 9.72. The smallest absolute Gasteiger partial charge is 0.125 e. The Hall–Kier alpha value is -1.80. The fourth-order valence-corrected chi connectivity index (χ4v) is 2.07. The second-order valence-electron chi connectivity index (χ2n) is 4.93. The minimum Gasteiger partial charge on any atom is -0.489 e. The number of aryl methyl sites for hydroxylation is 2. The topological polar surface area (TPSA) is 29.5 Å². The zero-order valence-electron chi connectivity index (χ0n) is 11.7. The SMILES string of the molecule is Cc1ccc(C)c(COc2ccccc2[C@@H](C)O)c1. The van der Waals surface area contributed by atoms with Crippen molar-refractivity contribution in [1.82, 2.24) is 0 Å². The van der Waals surface area contributed by atoms with Crippen molar-refractivity contribution < 1.29 is 9.84 Å². The number of hydrogen-bond acceptors (Lipinski definition) is 2. The molecule has 2 aromatic rings. The molecule has 1 atom stereocenters. The molecule has 0 amide bonds. The third-order valence-electron chi connectivity index (χ3n) is 3.26. The Kier molecular flexibility index (Phi) is 4.23. The first kappa shape index (κ1) is 13.6. The summed E-state index contributed by atoms with van der Waals surface area (Å²) in [6.45, 7) is 6.43. The summed E-state index contributed by atoms with van der Waals surface area (Å²) >= 11 is 0. The van der Waals surface area contributed by atoms with Crippen LogP contribution in [0.25, 0.3) is 0 Å². The predicted octanol–water partition coefficient (Wildman–Crippen LogP) is 3.94. The Balaban J connectivity index is 2.17. The average Bonchev–Trinajstić information content (AvgIpc) is 2.40. The van der Waals surface area contributed by atoms with Crippen LogP contribution in [0.3, 0.4) is 0 Å². The largest absolute Gasteiger partial charge is 0.489 e. The zero-order chi connectivity index (χ0) is 13.8. The van der Waals surface area contributed by atoms with Gasteiger partial charge < -0.3 is 9.84 Å². The molecule has 0 aliphatic carbocycles. The number of para-hydroxylation sites is 1. The molecular weight excluding hydrogens is 236 g/mol. The van der Waals surface area contributed by atoms with Gasteiger partial charge in [-0.2, -0.15) is 0 Å². The highest BCUT2D eigenvalue weighted by Gasteiger charge is 2.08. The molecule has 0 aliphatic heterocycles. The predicted molar refractivity (Wildman–Crippen MR) is 77.3 cm³/mol. The van der Waals surface area contributed by atoms with Gasteiger partial charge in [-0.1, -0.05) is 42.0 Å². The van der Waals surface area contributed by atoms with Crippen LogP contribution < -0.4 is 4.74 Å². The van der Waals surface area contributed by atoms with Crippen LogP contribution >= 0.6 is 0 Å². The van der Waals surface area contributed by atoms with E-state index in [0.29, 0.717) is 6.61 Å². The molecule has 0 unspecified atom stereocenters. The van der Waals surface area contributed by atoms with E-state index in [9.17, 15) is 5.11 Å². The van der Waals surface area contributed by atoms with Crippen molar-refractivity contribution in [2.45, 2.75) is 33.5 Å². The molecule has 0 aromatic heterocycles. The van der Waals surface area contributed by atoms with Crippen LogP contribution in [0.15, 0.2) is 42.5 Å². The van der Waals surface area contributed by atoms with Gasteiger partial charge >= 0.3 is 0 Å². The normalized spacial score (nSPS) is 12.2. The van der Waals surface area contributed by atoms with Gasteiger partial charge in [0.05, 0.1) is 6.10 Å². The fraction of sp³-hybridized carbons (Fsp3) is 0.294. The lowest BCUT2D eigenvalue weighted by molar-refractivity contribution is 0.190. The Morgan fingerprint density at radius 1 is 1.11 bits per heavy atom. The fourth-order valence-electron chi connectivity index (χ4n) is 2.07. The van der Waals surface area contributed by atoms with Crippen LogP contribution in [-0.2, 0) is 6.61 Å². The highest BCUT2D eigenvalue weighted by Crippen LogP contribution is 2.25. The highest BCUT2D eigenvalue weighted by molar-refractivity contribution is 5.36. The first-order chi connectivity index (χ1) is 9.08. The van der Waals surface area contributed by atoms with Crippen LogP contribution in [0, 0.1) is 13.8 Å². The van der Waals surface area contributed by atoms with E-state index >= 15 is 0 Å².